The van der Waals surface area contributed by atoms with Crippen molar-refractivity contribution in [1.29, 1.82) is 0 Å². The molecule has 3 aromatic rings. The van der Waals surface area contributed by atoms with Crippen molar-refractivity contribution in [2.75, 3.05) is 19.8 Å². The third-order valence-electron chi connectivity index (χ3n) is 4.68. The average Bonchev–Trinajstić information content (AvgIpc) is 2.79. The zero-order chi connectivity index (χ0) is 21.2. The first-order chi connectivity index (χ1) is 14.7. The summed E-state index contributed by atoms with van der Waals surface area (Å²) in [5.41, 5.74) is 2.73. The van der Waals surface area contributed by atoms with Crippen molar-refractivity contribution in [3.8, 4) is 22.9 Å². The van der Waals surface area contributed by atoms with Crippen LogP contribution in [0.5, 0.6) is 11.6 Å². The lowest BCUT2D eigenvalue weighted by atomic mass is 9.96. The van der Waals surface area contributed by atoms with Crippen LogP contribution in [-0.2, 0) is 4.79 Å². The number of ether oxygens (including phenoxy) is 2. The first-order valence-corrected chi connectivity index (χ1v) is 10.2. The van der Waals surface area contributed by atoms with Gasteiger partial charge in [0.2, 0.25) is 11.8 Å². The van der Waals surface area contributed by atoms with Crippen molar-refractivity contribution in [2.24, 2.45) is 0 Å². The van der Waals surface area contributed by atoms with Gasteiger partial charge in [-0.1, -0.05) is 37.3 Å². The lowest BCUT2D eigenvalue weighted by Gasteiger charge is -2.15. The van der Waals surface area contributed by atoms with E-state index in [4.69, 9.17) is 9.47 Å². The Kier molecular flexibility index (Phi) is 7.78. The molecule has 0 saturated carbocycles. The number of amides is 1. The molecule has 156 valence electrons. The van der Waals surface area contributed by atoms with Crippen LogP contribution >= 0.6 is 0 Å². The van der Waals surface area contributed by atoms with Gasteiger partial charge in [-0.25, -0.2) is 0 Å². The Morgan fingerprint density at radius 3 is 2.33 bits per heavy atom. The Morgan fingerprint density at radius 1 is 0.933 bits per heavy atom. The van der Waals surface area contributed by atoms with Crippen molar-refractivity contribution < 1.29 is 14.3 Å². The number of carbonyl (C=O) groups excluding carboxylic acids is 1. The second-order valence-electron chi connectivity index (χ2n) is 6.73. The fraction of sp³-hybridized carbons (Fsp3) is 0.292. The summed E-state index contributed by atoms with van der Waals surface area (Å²) in [6, 6.07) is 21.2. The minimum Gasteiger partial charge on any atom is -0.494 e. The van der Waals surface area contributed by atoms with Crippen LogP contribution in [0, 0.1) is 0 Å². The van der Waals surface area contributed by atoms with Gasteiger partial charge in [0, 0.05) is 11.6 Å². The van der Waals surface area contributed by atoms with Crippen LogP contribution in [0.25, 0.3) is 11.3 Å². The molecule has 0 fully saturated rings. The molecule has 1 aromatic heterocycles. The minimum absolute atomic E-state index is 0.00392. The molecule has 1 N–H and O–H groups in total. The summed E-state index contributed by atoms with van der Waals surface area (Å²) in [7, 11) is 0. The Morgan fingerprint density at radius 2 is 1.70 bits per heavy atom. The fourth-order valence-corrected chi connectivity index (χ4v) is 3.15. The lowest BCUT2D eigenvalue weighted by molar-refractivity contribution is -0.122. The molecule has 6 nitrogen and oxygen atoms in total. The second-order valence-corrected chi connectivity index (χ2v) is 6.73. The zero-order valence-corrected chi connectivity index (χ0v) is 17.4. The maximum Gasteiger partial charge on any atom is 0.233 e. The molecule has 1 amide bonds. The first-order valence-electron chi connectivity index (χ1n) is 10.2. The van der Waals surface area contributed by atoms with Gasteiger partial charge in [-0.3, -0.25) is 4.79 Å². The molecular weight excluding hydrogens is 378 g/mol. The van der Waals surface area contributed by atoms with E-state index in [-0.39, 0.29) is 11.8 Å². The summed E-state index contributed by atoms with van der Waals surface area (Å²) in [4.78, 5) is 12.4. The predicted molar refractivity (Wildman–Crippen MR) is 117 cm³/mol. The Balaban J connectivity index is 1.46. The molecule has 6 heteroatoms. The SMILES string of the molecule is CCOc1ccc(-c2ccc(OCCNC(=O)[C@@H](CC)c3ccccc3)nn2)cc1. The van der Waals surface area contributed by atoms with Crippen LogP contribution in [0.1, 0.15) is 31.7 Å². The highest BCUT2D eigenvalue weighted by Gasteiger charge is 2.17. The first kappa shape index (κ1) is 21.3. The van der Waals surface area contributed by atoms with E-state index < -0.39 is 0 Å². The van der Waals surface area contributed by atoms with Gasteiger partial charge in [-0.05, 0) is 49.2 Å². The van der Waals surface area contributed by atoms with E-state index in [9.17, 15) is 4.79 Å². The molecule has 2 aromatic carbocycles. The van der Waals surface area contributed by atoms with Crippen molar-refractivity contribution in [3.05, 3.63) is 72.3 Å². The van der Waals surface area contributed by atoms with Crippen LogP contribution in [0.4, 0.5) is 0 Å². The van der Waals surface area contributed by atoms with Crippen LogP contribution in [0.3, 0.4) is 0 Å². The molecule has 30 heavy (non-hydrogen) atoms. The van der Waals surface area contributed by atoms with E-state index in [0.717, 1.165) is 29.0 Å². The van der Waals surface area contributed by atoms with Gasteiger partial charge in [0.15, 0.2) is 0 Å². The summed E-state index contributed by atoms with van der Waals surface area (Å²) >= 11 is 0. The monoisotopic (exact) mass is 405 g/mol. The number of nitrogens with zero attached hydrogens (tertiary/aromatic N) is 2. The third kappa shape index (κ3) is 5.80. The molecule has 0 aliphatic rings. The molecule has 0 aliphatic carbocycles. The summed E-state index contributed by atoms with van der Waals surface area (Å²) in [5, 5.41) is 11.3. The number of aromatic nitrogens is 2. The largest absolute Gasteiger partial charge is 0.494 e. The van der Waals surface area contributed by atoms with Gasteiger partial charge in [0.25, 0.3) is 0 Å². The maximum atomic E-state index is 12.4. The van der Waals surface area contributed by atoms with Crippen LogP contribution in [-0.4, -0.2) is 35.9 Å². The van der Waals surface area contributed by atoms with Gasteiger partial charge in [0.05, 0.1) is 24.8 Å². The summed E-state index contributed by atoms with van der Waals surface area (Å²) in [6.45, 7) is 5.33. The quantitative estimate of drug-likeness (QED) is 0.511. The molecule has 0 radical (unpaired) electrons. The number of nitrogens with one attached hydrogen (secondary N) is 1. The van der Waals surface area contributed by atoms with Gasteiger partial charge >= 0.3 is 0 Å². The predicted octanol–water partition coefficient (Wildman–Crippen LogP) is 4.23. The molecule has 0 spiro atoms. The normalized spacial score (nSPS) is 11.5. The molecule has 1 atom stereocenters. The highest BCUT2D eigenvalue weighted by Crippen LogP contribution is 2.21. The van der Waals surface area contributed by atoms with Crippen molar-refractivity contribution in [2.45, 2.75) is 26.2 Å². The number of carbonyl (C=O) groups is 1. The van der Waals surface area contributed by atoms with E-state index in [2.05, 4.69) is 15.5 Å². The summed E-state index contributed by atoms with van der Waals surface area (Å²) in [6.07, 6.45) is 0.745. The second kappa shape index (κ2) is 11.0. The number of benzene rings is 2. The van der Waals surface area contributed by atoms with Crippen LogP contribution in [0.2, 0.25) is 0 Å². The highest BCUT2D eigenvalue weighted by atomic mass is 16.5. The third-order valence-corrected chi connectivity index (χ3v) is 4.68. The number of hydrogen-bond acceptors (Lipinski definition) is 5. The minimum atomic E-state index is -0.153. The lowest BCUT2D eigenvalue weighted by Crippen LogP contribution is -2.32. The number of hydrogen-bond donors (Lipinski definition) is 1. The molecule has 3 rings (SSSR count). The summed E-state index contributed by atoms with van der Waals surface area (Å²) < 4.78 is 11.1. The van der Waals surface area contributed by atoms with Gasteiger partial charge < -0.3 is 14.8 Å². The van der Waals surface area contributed by atoms with E-state index in [1.165, 1.54) is 0 Å². The zero-order valence-electron chi connectivity index (χ0n) is 17.4. The van der Waals surface area contributed by atoms with E-state index in [1.54, 1.807) is 6.07 Å². The fourth-order valence-electron chi connectivity index (χ4n) is 3.15. The average molecular weight is 405 g/mol. The molecule has 0 saturated heterocycles. The van der Waals surface area contributed by atoms with Gasteiger partial charge in [0.1, 0.15) is 12.4 Å². The Hall–Kier alpha value is -3.41. The van der Waals surface area contributed by atoms with Crippen molar-refractivity contribution in [1.82, 2.24) is 15.5 Å². The van der Waals surface area contributed by atoms with Crippen molar-refractivity contribution >= 4 is 5.91 Å². The molecule has 0 unspecified atom stereocenters. The van der Waals surface area contributed by atoms with E-state index in [1.807, 2.05) is 74.5 Å². The van der Waals surface area contributed by atoms with Crippen molar-refractivity contribution in [3.63, 3.8) is 0 Å². The van der Waals surface area contributed by atoms with E-state index >= 15 is 0 Å². The Bertz CT molecular complexity index is 913. The van der Waals surface area contributed by atoms with Crippen LogP contribution < -0.4 is 14.8 Å². The van der Waals surface area contributed by atoms with Gasteiger partial charge in [-0.2, -0.15) is 0 Å². The Labute approximate surface area is 177 Å². The number of rotatable bonds is 10. The summed E-state index contributed by atoms with van der Waals surface area (Å²) in [5.74, 6) is 1.10. The van der Waals surface area contributed by atoms with Gasteiger partial charge in [-0.15, -0.1) is 10.2 Å². The standard InChI is InChI=1S/C24H27N3O3/c1-3-21(18-8-6-5-7-9-18)24(28)25-16-17-30-23-15-14-22(26-27-23)19-10-12-20(13-11-19)29-4-2/h5-15,21H,3-4,16-17H2,1-2H3,(H,25,28)/t21-/m0/s1. The smallest absolute Gasteiger partial charge is 0.233 e. The highest BCUT2D eigenvalue weighted by molar-refractivity contribution is 5.83. The topological polar surface area (TPSA) is 73.3 Å². The molecular formula is C24H27N3O3. The maximum absolute atomic E-state index is 12.4. The molecule has 0 aliphatic heterocycles. The van der Waals surface area contributed by atoms with Crippen LogP contribution in [0.15, 0.2) is 66.7 Å². The molecule has 1 heterocycles. The van der Waals surface area contributed by atoms with E-state index in [0.29, 0.717) is 25.6 Å². The molecule has 0 bridgehead atoms.